The molecule has 1 fully saturated rings. The molecule has 0 spiro atoms. The van der Waals surface area contributed by atoms with Crippen molar-refractivity contribution in [1.29, 1.82) is 0 Å². The maximum Gasteiger partial charge on any atom is 0.148 e. The maximum atomic E-state index is 9.39. The van der Waals surface area contributed by atoms with Gasteiger partial charge in [-0.1, -0.05) is 11.6 Å². The van der Waals surface area contributed by atoms with Crippen LogP contribution in [0, 0.1) is 5.92 Å². The lowest BCUT2D eigenvalue weighted by molar-refractivity contribution is 0.111. The molecule has 0 amide bonds. The summed E-state index contributed by atoms with van der Waals surface area (Å²) in [7, 11) is 0. The number of aliphatic hydroxyl groups excluding tert-OH is 1. The molecule has 1 aliphatic rings. The van der Waals surface area contributed by atoms with Crippen molar-refractivity contribution in [3.63, 3.8) is 0 Å². The maximum absolute atomic E-state index is 9.39. The highest BCUT2D eigenvalue weighted by atomic mass is 35.5. The van der Waals surface area contributed by atoms with Crippen molar-refractivity contribution >= 4 is 17.4 Å². The molecule has 88 valence electrons. The van der Waals surface area contributed by atoms with Gasteiger partial charge in [-0.3, -0.25) is 0 Å². The molecular weight excluding hydrogens is 226 g/mol. The van der Waals surface area contributed by atoms with Gasteiger partial charge in [-0.15, -0.1) is 0 Å². The van der Waals surface area contributed by atoms with Crippen LogP contribution in [-0.2, 0) is 0 Å². The highest BCUT2D eigenvalue weighted by molar-refractivity contribution is 6.32. The second kappa shape index (κ2) is 5.46. The SMILES string of the molecule is OC1CCC(CNc2ncncc2Cl)CC1. The van der Waals surface area contributed by atoms with E-state index in [2.05, 4.69) is 15.3 Å². The standard InChI is InChI=1S/C11H16ClN3O/c12-10-6-13-7-15-11(10)14-5-8-1-3-9(16)4-2-8/h6-9,16H,1-5H2,(H,13,14,15). The topological polar surface area (TPSA) is 58.0 Å². The van der Waals surface area contributed by atoms with E-state index in [4.69, 9.17) is 11.6 Å². The Kier molecular flexibility index (Phi) is 3.96. The summed E-state index contributed by atoms with van der Waals surface area (Å²) in [6.07, 6.45) is 6.92. The summed E-state index contributed by atoms with van der Waals surface area (Å²) >= 11 is 5.94. The first-order valence-corrected chi connectivity index (χ1v) is 6.01. The second-order valence-corrected chi connectivity index (χ2v) is 4.68. The van der Waals surface area contributed by atoms with Crippen LogP contribution in [0.25, 0.3) is 0 Å². The molecule has 0 atom stereocenters. The van der Waals surface area contributed by atoms with Gasteiger partial charge in [-0.2, -0.15) is 0 Å². The predicted molar refractivity (Wildman–Crippen MR) is 63.5 cm³/mol. The van der Waals surface area contributed by atoms with E-state index in [0.29, 0.717) is 16.8 Å². The predicted octanol–water partition coefficient (Wildman–Crippen LogP) is 2.09. The van der Waals surface area contributed by atoms with Crippen molar-refractivity contribution in [2.24, 2.45) is 5.92 Å². The van der Waals surface area contributed by atoms with Crippen molar-refractivity contribution in [2.75, 3.05) is 11.9 Å². The zero-order valence-electron chi connectivity index (χ0n) is 9.06. The molecule has 1 aromatic rings. The first kappa shape index (κ1) is 11.6. The van der Waals surface area contributed by atoms with E-state index in [1.54, 1.807) is 6.20 Å². The highest BCUT2D eigenvalue weighted by Crippen LogP contribution is 2.25. The number of aliphatic hydroxyl groups is 1. The van der Waals surface area contributed by atoms with E-state index in [9.17, 15) is 5.11 Å². The Morgan fingerprint density at radius 2 is 2.12 bits per heavy atom. The summed E-state index contributed by atoms with van der Waals surface area (Å²) in [5.41, 5.74) is 0. The number of halogens is 1. The molecular formula is C11H16ClN3O. The van der Waals surface area contributed by atoms with Gasteiger partial charge in [0, 0.05) is 6.54 Å². The average Bonchev–Trinajstić information content (AvgIpc) is 2.30. The minimum absolute atomic E-state index is 0.0983. The third kappa shape index (κ3) is 3.06. The van der Waals surface area contributed by atoms with Crippen LogP contribution in [-0.4, -0.2) is 27.7 Å². The van der Waals surface area contributed by atoms with Crippen LogP contribution in [0.5, 0.6) is 0 Å². The van der Waals surface area contributed by atoms with Gasteiger partial charge in [-0.05, 0) is 31.6 Å². The molecule has 0 bridgehead atoms. The first-order valence-electron chi connectivity index (χ1n) is 5.63. The first-order chi connectivity index (χ1) is 7.75. The summed E-state index contributed by atoms with van der Waals surface area (Å²) in [4.78, 5) is 7.91. The Labute approximate surface area is 100 Å². The summed E-state index contributed by atoms with van der Waals surface area (Å²) in [5, 5.41) is 13.2. The van der Waals surface area contributed by atoms with E-state index in [0.717, 1.165) is 32.2 Å². The number of hydrogen-bond acceptors (Lipinski definition) is 4. The lowest BCUT2D eigenvalue weighted by atomic mass is 9.87. The second-order valence-electron chi connectivity index (χ2n) is 4.27. The monoisotopic (exact) mass is 241 g/mol. The van der Waals surface area contributed by atoms with Crippen molar-refractivity contribution in [2.45, 2.75) is 31.8 Å². The number of rotatable bonds is 3. The number of aromatic nitrogens is 2. The molecule has 4 nitrogen and oxygen atoms in total. The Bertz CT molecular complexity index is 340. The van der Waals surface area contributed by atoms with Gasteiger partial charge in [0.1, 0.15) is 17.2 Å². The number of hydrogen-bond donors (Lipinski definition) is 2. The lowest BCUT2D eigenvalue weighted by Gasteiger charge is -2.25. The third-order valence-electron chi connectivity index (χ3n) is 3.04. The van der Waals surface area contributed by atoms with Gasteiger partial charge in [0.15, 0.2) is 0 Å². The summed E-state index contributed by atoms with van der Waals surface area (Å²) < 4.78 is 0. The van der Waals surface area contributed by atoms with Gasteiger partial charge in [0.05, 0.1) is 12.3 Å². The van der Waals surface area contributed by atoms with Gasteiger partial charge in [-0.25, -0.2) is 9.97 Å². The van der Waals surface area contributed by atoms with Gasteiger partial charge < -0.3 is 10.4 Å². The quantitative estimate of drug-likeness (QED) is 0.851. The number of nitrogens with zero attached hydrogens (tertiary/aromatic N) is 2. The van der Waals surface area contributed by atoms with Crippen molar-refractivity contribution in [3.05, 3.63) is 17.5 Å². The average molecular weight is 242 g/mol. The fourth-order valence-corrected chi connectivity index (χ4v) is 2.20. The summed E-state index contributed by atoms with van der Waals surface area (Å²) in [5.74, 6) is 1.30. The van der Waals surface area contributed by atoms with Gasteiger partial charge in [0.2, 0.25) is 0 Å². The van der Waals surface area contributed by atoms with Gasteiger partial charge in [0.25, 0.3) is 0 Å². The molecule has 1 aliphatic carbocycles. The number of anilines is 1. The van der Waals surface area contributed by atoms with E-state index in [1.165, 1.54) is 6.33 Å². The molecule has 0 aliphatic heterocycles. The Hall–Kier alpha value is -0.870. The Morgan fingerprint density at radius 3 is 2.81 bits per heavy atom. The highest BCUT2D eigenvalue weighted by Gasteiger charge is 2.19. The molecule has 0 saturated heterocycles. The fraction of sp³-hybridized carbons (Fsp3) is 0.636. The fourth-order valence-electron chi connectivity index (χ4n) is 2.03. The minimum Gasteiger partial charge on any atom is -0.393 e. The molecule has 2 rings (SSSR count). The van der Waals surface area contributed by atoms with Crippen LogP contribution in [0.15, 0.2) is 12.5 Å². The number of nitrogens with one attached hydrogen (secondary N) is 1. The molecule has 0 unspecified atom stereocenters. The van der Waals surface area contributed by atoms with Crippen molar-refractivity contribution < 1.29 is 5.11 Å². The molecule has 1 heterocycles. The zero-order chi connectivity index (χ0) is 11.4. The molecule has 1 aromatic heterocycles. The summed E-state index contributed by atoms with van der Waals surface area (Å²) in [6.45, 7) is 0.865. The van der Waals surface area contributed by atoms with Crippen LogP contribution in [0.4, 0.5) is 5.82 Å². The Balaban J connectivity index is 1.81. The Morgan fingerprint density at radius 1 is 1.38 bits per heavy atom. The van der Waals surface area contributed by atoms with Crippen molar-refractivity contribution in [3.8, 4) is 0 Å². The normalized spacial score (nSPS) is 25.4. The van der Waals surface area contributed by atoms with Crippen LogP contribution in [0.2, 0.25) is 5.02 Å². The van der Waals surface area contributed by atoms with E-state index in [1.807, 2.05) is 0 Å². The van der Waals surface area contributed by atoms with Crippen LogP contribution >= 0.6 is 11.6 Å². The zero-order valence-corrected chi connectivity index (χ0v) is 9.82. The molecule has 5 heteroatoms. The molecule has 1 saturated carbocycles. The van der Waals surface area contributed by atoms with E-state index >= 15 is 0 Å². The summed E-state index contributed by atoms with van der Waals surface area (Å²) in [6, 6.07) is 0. The van der Waals surface area contributed by atoms with Crippen LogP contribution in [0.1, 0.15) is 25.7 Å². The molecule has 0 aromatic carbocycles. The van der Waals surface area contributed by atoms with Crippen molar-refractivity contribution in [1.82, 2.24) is 9.97 Å². The van der Waals surface area contributed by atoms with E-state index in [-0.39, 0.29) is 6.10 Å². The third-order valence-corrected chi connectivity index (χ3v) is 3.32. The van der Waals surface area contributed by atoms with E-state index < -0.39 is 0 Å². The largest absolute Gasteiger partial charge is 0.393 e. The molecule has 16 heavy (non-hydrogen) atoms. The lowest BCUT2D eigenvalue weighted by Crippen LogP contribution is -2.23. The minimum atomic E-state index is -0.0983. The smallest absolute Gasteiger partial charge is 0.148 e. The van der Waals surface area contributed by atoms with Crippen LogP contribution < -0.4 is 5.32 Å². The molecule has 0 radical (unpaired) electrons. The van der Waals surface area contributed by atoms with Crippen LogP contribution in [0.3, 0.4) is 0 Å². The molecule has 2 N–H and O–H groups in total. The van der Waals surface area contributed by atoms with Gasteiger partial charge >= 0.3 is 0 Å².